The van der Waals surface area contributed by atoms with Crippen LogP contribution >= 0.6 is 27.7 Å². The summed E-state index contributed by atoms with van der Waals surface area (Å²) in [6.45, 7) is 0. The van der Waals surface area contributed by atoms with Crippen LogP contribution in [0.25, 0.3) is 11.4 Å². The Bertz CT molecular complexity index is 1070. The second-order valence-electron chi connectivity index (χ2n) is 6.07. The average molecular weight is 490 g/mol. The monoisotopic (exact) mass is 489 g/mol. The summed E-state index contributed by atoms with van der Waals surface area (Å²) in [6.07, 6.45) is 1.51. The van der Waals surface area contributed by atoms with E-state index >= 15 is 0 Å². The van der Waals surface area contributed by atoms with Crippen LogP contribution in [0.15, 0.2) is 57.2 Å². The summed E-state index contributed by atoms with van der Waals surface area (Å²) in [5.74, 6) is 1.91. The van der Waals surface area contributed by atoms with Gasteiger partial charge in [-0.15, -0.1) is 10.2 Å². The van der Waals surface area contributed by atoms with Crippen LogP contribution in [0.4, 0.5) is 0 Å². The molecule has 0 saturated carbocycles. The minimum absolute atomic E-state index is 0.150. The quantitative estimate of drug-likeness (QED) is 0.295. The first-order valence-corrected chi connectivity index (χ1v) is 10.6. The van der Waals surface area contributed by atoms with Crippen LogP contribution in [0.3, 0.4) is 0 Å². The summed E-state index contributed by atoms with van der Waals surface area (Å²) in [5.41, 5.74) is 4.13. The molecule has 1 aromatic heterocycles. The van der Waals surface area contributed by atoms with Gasteiger partial charge >= 0.3 is 0 Å². The van der Waals surface area contributed by atoms with E-state index in [9.17, 15) is 4.79 Å². The number of ether oxygens (including phenoxy) is 2. The molecule has 0 unspecified atom stereocenters. The molecule has 0 aliphatic rings. The Morgan fingerprint density at radius 3 is 2.80 bits per heavy atom. The van der Waals surface area contributed by atoms with Crippen molar-refractivity contribution in [2.24, 2.45) is 12.1 Å². The van der Waals surface area contributed by atoms with Gasteiger partial charge in [0.1, 0.15) is 11.5 Å². The number of carbonyl (C=O) groups excluding carboxylic acids is 1. The number of nitrogens with zero attached hydrogens (tertiary/aromatic N) is 4. The summed E-state index contributed by atoms with van der Waals surface area (Å²) in [5, 5.41) is 13.0. The van der Waals surface area contributed by atoms with Crippen molar-refractivity contribution in [1.29, 1.82) is 0 Å². The lowest BCUT2D eigenvalue weighted by molar-refractivity contribution is -0.118. The normalized spacial score (nSPS) is 10.9. The average Bonchev–Trinajstić information content (AvgIpc) is 3.12. The van der Waals surface area contributed by atoms with Crippen LogP contribution in [0.5, 0.6) is 11.5 Å². The molecule has 0 radical (unpaired) electrons. The molecule has 0 fully saturated rings. The van der Waals surface area contributed by atoms with E-state index in [1.165, 1.54) is 18.0 Å². The van der Waals surface area contributed by atoms with Crippen LogP contribution in [0, 0.1) is 0 Å². The van der Waals surface area contributed by atoms with E-state index < -0.39 is 0 Å². The molecular weight excluding hydrogens is 470 g/mol. The first-order chi connectivity index (χ1) is 14.5. The number of nitrogens with one attached hydrogen (secondary N) is 1. The van der Waals surface area contributed by atoms with Gasteiger partial charge in [0.2, 0.25) is 0 Å². The SMILES string of the molecule is COc1ccc(OC)c(/C=N\NC(=O)CSc2nnc(-c3cccc(Br)c3)n2C)c1. The molecule has 10 heteroatoms. The summed E-state index contributed by atoms with van der Waals surface area (Å²) < 4.78 is 13.3. The van der Waals surface area contributed by atoms with Gasteiger partial charge in [0.25, 0.3) is 5.91 Å². The van der Waals surface area contributed by atoms with Gasteiger partial charge in [0.15, 0.2) is 11.0 Å². The maximum atomic E-state index is 12.2. The van der Waals surface area contributed by atoms with Crippen LogP contribution in [0.2, 0.25) is 0 Å². The number of hydrogen-bond acceptors (Lipinski definition) is 7. The van der Waals surface area contributed by atoms with Crippen molar-refractivity contribution < 1.29 is 14.3 Å². The number of carbonyl (C=O) groups is 1. The Morgan fingerprint density at radius 2 is 2.07 bits per heavy atom. The number of hydrazone groups is 1. The van der Waals surface area contributed by atoms with Gasteiger partial charge in [-0.1, -0.05) is 39.8 Å². The van der Waals surface area contributed by atoms with Gasteiger partial charge < -0.3 is 14.0 Å². The number of benzene rings is 2. The summed E-state index contributed by atoms with van der Waals surface area (Å²) in [6, 6.07) is 13.1. The number of halogens is 1. The summed E-state index contributed by atoms with van der Waals surface area (Å²) >= 11 is 4.74. The van der Waals surface area contributed by atoms with Gasteiger partial charge in [-0.2, -0.15) is 5.10 Å². The van der Waals surface area contributed by atoms with E-state index in [4.69, 9.17) is 9.47 Å². The zero-order valence-electron chi connectivity index (χ0n) is 16.6. The molecule has 0 spiro atoms. The zero-order chi connectivity index (χ0) is 21.5. The zero-order valence-corrected chi connectivity index (χ0v) is 19.0. The second kappa shape index (κ2) is 10.3. The fourth-order valence-electron chi connectivity index (χ4n) is 2.60. The molecular formula is C20H20BrN5O3S. The Hall–Kier alpha value is -2.85. The molecule has 30 heavy (non-hydrogen) atoms. The third kappa shape index (κ3) is 5.39. The Morgan fingerprint density at radius 1 is 1.23 bits per heavy atom. The molecule has 2 aromatic carbocycles. The molecule has 0 bridgehead atoms. The molecule has 8 nitrogen and oxygen atoms in total. The minimum atomic E-state index is -0.259. The standard InChI is InChI=1S/C20H20BrN5O3S/c1-26-19(13-5-4-6-15(21)9-13)24-25-20(26)30-12-18(27)23-22-11-14-10-16(28-2)7-8-17(14)29-3/h4-11H,12H2,1-3H3,(H,23,27)/b22-11-. The maximum absolute atomic E-state index is 12.2. The van der Waals surface area contributed by atoms with E-state index in [1.807, 2.05) is 35.9 Å². The molecule has 1 amide bonds. The van der Waals surface area contributed by atoms with Gasteiger partial charge in [0, 0.05) is 22.6 Å². The molecule has 0 saturated heterocycles. The van der Waals surface area contributed by atoms with Gasteiger partial charge in [-0.05, 0) is 30.3 Å². The summed E-state index contributed by atoms with van der Waals surface area (Å²) in [4.78, 5) is 12.2. The number of rotatable bonds is 8. The molecule has 0 atom stereocenters. The highest BCUT2D eigenvalue weighted by atomic mass is 79.9. The predicted molar refractivity (Wildman–Crippen MR) is 120 cm³/mol. The van der Waals surface area contributed by atoms with E-state index in [1.54, 1.807) is 32.4 Å². The predicted octanol–water partition coefficient (Wildman–Crippen LogP) is 3.50. The highest BCUT2D eigenvalue weighted by Gasteiger charge is 2.13. The van der Waals surface area contributed by atoms with Crippen LogP contribution in [-0.4, -0.2) is 46.9 Å². The second-order valence-corrected chi connectivity index (χ2v) is 7.92. The van der Waals surface area contributed by atoms with Gasteiger partial charge in [-0.3, -0.25) is 4.79 Å². The van der Waals surface area contributed by atoms with Crippen LogP contribution < -0.4 is 14.9 Å². The largest absolute Gasteiger partial charge is 0.497 e. The number of thioether (sulfide) groups is 1. The molecule has 1 heterocycles. The topological polar surface area (TPSA) is 90.6 Å². The molecule has 0 aliphatic heterocycles. The number of methoxy groups -OCH3 is 2. The number of hydrogen-bond donors (Lipinski definition) is 1. The first-order valence-electron chi connectivity index (χ1n) is 8.84. The van der Waals surface area contributed by atoms with Crippen molar-refractivity contribution in [3.8, 4) is 22.9 Å². The smallest absolute Gasteiger partial charge is 0.250 e. The number of aromatic nitrogens is 3. The molecule has 3 aromatic rings. The lowest BCUT2D eigenvalue weighted by Gasteiger charge is -2.07. The Kier molecular flexibility index (Phi) is 7.47. The van der Waals surface area contributed by atoms with Crippen molar-refractivity contribution in [1.82, 2.24) is 20.2 Å². The maximum Gasteiger partial charge on any atom is 0.250 e. The lowest BCUT2D eigenvalue weighted by atomic mass is 10.2. The Balaban J connectivity index is 1.59. The third-order valence-electron chi connectivity index (χ3n) is 4.08. The van der Waals surface area contributed by atoms with E-state index in [0.29, 0.717) is 22.2 Å². The van der Waals surface area contributed by atoms with E-state index in [-0.39, 0.29) is 11.7 Å². The van der Waals surface area contributed by atoms with E-state index in [2.05, 4.69) is 36.7 Å². The fraction of sp³-hybridized carbons (Fsp3) is 0.200. The minimum Gasteiger partial charge on any atom is -0.497 e. The molecule has 1 N–H and O–H groups in total. The molecule has 0 aliphatic carbocycles. The van der Waals surface area contributed by atoms with Crippen molar-refractivity contribution in [3.63, 3.8) is 0 Å². The van der Waals surface area contributed by atoms with Gasteiger partial charge in [0.05, 0.1) is 26.2 Å². The lowest BCUT2D eigenvalue weighted by Crippen LogP contribution is -2.20. The highest BCUT2D eigenvalue weighted by molar-refractivity contribution is 9.10. The van der Waals surface area contributed by atoms with Crippen molar-refractivity contribution >= 4 is 39.8 Å². The summed E-state index contributed by atoms with van der Waals surface area (Å²) in [7, 11) is 5.01. The van der Waals surface area contributed by atoms with Crippen LogP contribution in [-0.2, 0) is 11.8 Å². The fourth-order valence-corrected chi connectivity index (χ4v) is 3.70. The molecule has 156 valence electrons. The van der Waals surface area contributed by atoms with Crippen molar-refractivity contribution in [2.45, 2.75) is 5.16 Å². The Labute approximate surface area is 186 Å². The highest BCUT2D eigenvalue weighted by Crippen LogP contribution is 2.25. The van der Waals surface area contributed by atoms with Crippen LogP contribution in [0.1, 0.15) is 5.56 Å². The molecule has 3 rings (SSSR count). The third-order valence-corrected chi connectivity index (χ3v) is 5.59. The number of amides is 1. The van der Waals surface area contributed by atoms with Gasteiger partial charge in [-0.25, -0.2) is 5.43 Å². The van der Waals surface area contributed by atoms with Crippen molar-refractivity contribution in [3.05, 3.63) is 52.5 Å². The first kappa shape index (κ1) is 21.8. The van der Waals surface area contributed by atoms with Crippen molar-refractivity contribution in [2.75, 3.05) is 20.0 Å². The van der Waals surface area contributed by atoms with E-state index in [0.717, 1.165) is 15.9 Å².